The minimum absolute atomic E-state index is 0.184. The van der Waals surface area contributed by atoms with Crippen LogP contribution in [0, 0.1) is 0 Å². The van der Waals surface area contributed by atoms with E-state index in [9.17, 15) is 0 Å². The van der Waals surface area contributed by atoms with Crippen LogP contribution in [0.2, 0.25) is 0 Å². The Balaban J connectivity index is 3.41. The average Bonchev–Trinajstić information content (AvgIpc) is 2.14. The van der Waals surface area contributed by atoms with Gasteiger partial charge in [0, 0.05) is 12.4 Å². The van der Waals surface area contributed by atoms with Gasteiger partial charge in [0.25, 0.3) is 0 Å². The lowest BCUT2D eigenvalue weighted by Gasteiger charge is -2.15. The van der Waals surface area contributed by atoms with Gasteiger partial charge in [-0.15, -0.1) is 11.8 Å². The molecule has 1 atom stereocenters. The lowest BCUT2D eigenvalue weighted by molar-refractivity contribution is 0.0919. The van der Waals surface area contributed by atoms with E-state index in [1.165, 1.54) is 0 Å². The van der Waals surface area contributed by atoms with Crippen molar-refractivity contribution in [3.8, 4) is 0 Å². The summed E-state index contributed by atoms with van der Waals surface area (Å²) in [5.74, 6) is 0.726. The van der Waals surface area contributed by atoms with Crippen molar-refractivity contribution in [2.24, 2.45) is 0 Å². The first-order valence-electron chi connectivity index (χ1n) is 4.80. The molecular weight excluding hydrogens is 188 g/mol. The molecule has 0 aromatic carbocycles. The van der Waals surface area contributed by atoms with Crippen molar-refractivity contribution in [3.05, 3.63) is 0 Å². The lowest BCUT2D eigenvalue weighted by atomic mass is 10.3. The summed E-state index contributed by atoms with van der Waals surface area (Å²) in [4.78, 5) is 0. The molecule has 0 radical (unpaired) electrons. The second-order valence-corrected chi connectivity index (χ2v) is 4.03. The summed E-state index contributed by atoms with van der Waals surface area (Å²) in [5, 5.41) is 17.2. The molecule has 13 heavy (non-hydrogen) atoms. The number of ether oxygens (including phenoxy) is 1. The van der Waals surface area contributed by atoms with Crippen molar-refractivity contribution in [1.82, 2.24) is 0 Å². The number of rotatable bonds is 9. The van der Waals surface area contributed by atoms with E-state index in [-0.39, 0.29) is 18.6 Å². The first-order valence-corrected chi connectivity index (χ1v) is 5.85. The Morgan fingerprint density at radius 2 is 2.08 bits per heavy atom. The van der Waals surface area contributed by atoms with Crippen LogP contribution in [-0.2, 0) is 4.74 Å². The molecule has 0 aliphatic heterocycles. The molecule has 0 heterocycles. The summed E-state index contributed by atoms with van der Waals surface area (Å²) in [6.45, 7) is 3.11. The summed E-state index contributed by atoms with van der Waals surface area (Å²) in [6.07, 6.45) is 2.79. The molecule has 0 saturated heterocycles. The monoisotopic (exact) mass is 208 g/mol. The van der Waals surface area contributed by atoms with Crippen molar-refractivity contribution in [2.75, 3.05) is 25.6 Å². The lowest BCUT2D eigenvalue weighted by Crippen LogP contribution is -2.11. The van der Waals surface area contributed by atoms with Crippen LogP contribution in [0.4, 0.5) is 0 Å². The summed E-state index contributed by atoms with van der Waals surface area (Å²) >= 11 is 1.64. The van der Waals surface area contributed by atoms with Crippen LogP contribution in [0.5, 0.6) is 0 Å². The molecule has 0 aromatic heterocycles. The fourth-order valence-electron chi connectivity index (χ4n) is 0.914. The molecule has 2 N–H and O–H groups in total. The fourth-order valence-corrected chi connectivity index (χ4v) is 1.88. The maximum absolute atomic E-state index is 8.64. The Labute approximate surface area is 84.5 Å². The van der Waals surface area contributed by atoms with Crippen LogP contribution >= 0.6 is 11.8 Å². The number of thioether (sulfide) groups is 1. The van der Waals surface area contributed by atoms with Crippen LogP contribution in [0.3, 0.4) is 0 Å². The summed E-state index contributed by atoms with van der Waals surface area (Å²) in [7, 11) is 0. The average molecular weight is 208 g/mol. The highest BCUT2D eigenvalue weighted by molar-refractivity contribution is 7.99. The highest BCUT2D eigenvalue weighted by Crippen LogP contribution is 2.17. The highest BCUT2D eigenvalue weighted by atomic mass is 32.2. The topological polar surface area (TPSA) is 49.7 Å². The minimum atomic E-state index is 0.184. The largest absolute Gasteiger partial charge is 0.396 e. The molecule has 0 aliphatic carbocycles. The van der Waals surface area contributed by atoms with Gasteiger partial charge in [-0.25, -0.2) is 0 Å². The van der Waals surface area contributed by atoms with Crippen molar-refractivity contribution in [3.63, 3.8) is 0 Å². The molecule has 1 unspecified atom stereocenters. The molecule has 4 heteroatoms. The molecule has 0 spiro atoms. The molecule has 80 valence electrons. The smallest absolute Gasteiger partial charge is 0.103 e. The van der Waals surface area contributed by atoms with Gasteiger partial charge in [-0.2, -0.15) is 0 Å². The van der Waals surface area contributed by atoms with E-state index in [1.54, 1.807) is 11.8 Å². The summed E-state index contributed by atoms with van der Waals surface area (Å²) < 4.78 is 5.52. The van der Waals surface area contributed by atoms with Gasteiger partial charge in [0.05, 0.1) is 13.2 Å². The highest BCUT2D eigenvalue weighted by Gasteiger charge is 2.07. The molecule has 0 aromatic rings. The molecule has 0 saturated carbocycles. The van der Waals surface area contributed by atoms with Gasteiger partial charge >= 0.3 is 0 Å². The first kappa shape index (κ1) is 13.2. The number of hydrogen-bond donors (Lipinski definition) is 2. The normalized spacial score (nSPS) is 13.2. The maximum Gasteiger partial charge on any atom is 0.103 e. The van der Waals surface area contributed by atoms with Gasteiger partial charge < -0.3 is 14.9 Å². The third-order valence-electron chi connectivity index (χ3n) is 1.53. The first-order chi connectivity index (χ1) is 6.35. The van der Waals surface area contributed by atoms with E-state index in [1.807, 2.05) is 0 Å². The Bertz CT molecular complexity index is 101. The molecule has 0 rings (SSSR count). The van der Waals surface area contributed by atoms with Crippen LogP contribution in [0.1, 0.15) is 26.2 Å². The number of hydrogen-bond acceptors (Lipinski definition) is 4. The van der Waals surface area contributed by atoms with Gasteiger partial charge in [0.1, 0.15) is 5.44 Å². The number of aliphatic hydroxyl groups excluding tert-OH is 2. The predicted octanol–water partition coefficient (Wildman–Crippen LogP) is 1.24. The van der Waals surface area contributed by atoms with E-state index in [0.717, 1.165) is 18.6 Å². The zero-order valence-corrected chi connectivity index (χ0v) is 9.05. The van der Waals surface area contributed by atoms with Crippen molar-refractivity contribution in [1.29, 1.82) is 0 Å². The summed E-state index contributed by atoms with van der Waals surface area (Å²) in [6, 6.07) is 0. The second-order valence-electron chi connectivity index (χ2n) is 2.76. The van der Waals surface area contributed by atoms with E-state index >= 15 is 0 Å². The second kappa shape index (κ2) is 10.3. The minimum Gasteiger partial charge on any atom is -0.396 e. The molecule has 0 fully saturated rings. The predicted molar refractivity (Wildman–Crippen MR) is 55.9 cm³/mol. The Hall–Kier alpha value is 0.230. The van der Waals surface area contributed by atoms with E-state index in [2.05, 4.69) is 6.92 Å². The molecule has 0 amide bonds. The van der Waals surface area contributed by atoms with Crippen molar-refractivity contribution < 1.29 is 14.9 Å². The van der Waals surface area contributed by atoms with Crippen molar-refractivity contribution in [2.45, 2.75) is 31.6 Å². The Morgan fingerprint density at radius 3 is 2.62 bits per heavy atom. The van der Waals surface area contributed by atoms with Gasteiger partial charge in [-0.3, -0.25) is 0 Å². The SMILES string of the molecule is CCCC(OCCCO)SCCO. The zero-order valence-electron chi connectivity index (χ0n) is 8.24. The van der Waals surface area contributed by atoms with Gasteiger partial charge in [-0.1, -0.05) is 13.3 Å². The van der Waals surface area contributed by atoms with Gasteiger partial charge in [0.15, 0.2) is 0 Å². The van der Waals surface area contributed by atoms with E-state index in [4.69, 9.17) is 14.9 Å². The molecule has 0 aliphatic rings. The third kappa shape index (κ3) is 8.56. The van der Waals surface area contributed by atoms with Crippen LogP contribution in [0.25, 0.3) is 0 Å². The quantitative estimate of drug-likeness (QED) is 0.442. The van der Waals surface area contributed by atoms with Crippen LogP contribution in [0.15, 0.2) is 0 Å². The van der Waals surface area contributed by atoms with Crippen LogP contribution in [-0.4, -0.2) is 41.2 Å². The third-order valence-corrected chi connectivity index (χ3v) is 2.69. The Kier molecular flexibility index (Phi) is 10.5. The molecular formula is C9H20O3S. The summed E-state index contributed by atoms with van der Waals surface area (Å²) in [5.41, 5.74) is 0.184. The maximum atomic E-state index is 8.64. The molecule has 0 bridgehead atoms. The van der Waals surface area contributed by atoms with Crippen molar-refractivity contribution >= 4 is 11.8 Å². The molecule has 3 nitrogen and oxygen atoms in total. The van der Waals surface area contributed by atoms with Gasteiger partial charge in [-0.05, 0) is 12.8 Å². The standard InChI is InChI=1S/C9H20O3S/c1-2-4-9(13-8-6-11)12-7-3-5-10/h9-11H,2-8H2,1H3. The number of aliphatic hydroxyl groups is 2. The van der Waals surface area contributed by atoms with Gasteiger partial charge in [0.2, 0.25) is 0 Å². The van der Waals surface area contributed by atoms with E-state index < -0.39 is 0 Å². The van der Waals surface area contributed by atoms with E-state index in [0.29, 0.717) is 13.0 Å². The fraction of sp³-hybridized carbons (Fsp3) is 1.00. The van der Waals surface area contributed by atoms with Crippen LogP contribution < -0.4 is 0 Å². The zero-order chi connectivity index (χ0) is 9.94. The Morgan fingerprint density at radius 1 is 1.31 bits per heavy atom.